The van der Waals surface area contributed by atoms with Crippen LogP contribution >= 0.6 is 31.9 Å². The van der Waals surface area contributed by atoms with E-state index in [1.54, 1.807) is 78.9 Å². The van der Waals surface area contributed by atoms with Crippen LogP contribution in [0.1, 0.15) is 127 Å². The van der Waals surface area contributed by atoms with E-state index in [2.05, 4.69) is 83.9 Å². The van der Waals surface area contributed by atoms with Crippen molar-refractivity contribution < 1.29 is 25.3 Å². The molecule has 11 heteroatoms. The number of hydrogen-bond donors (Lipinski definition) is 0. The van der Waals surface area contributed by atoms with Gasteiger partial charge in [-0.25, -0.2) is 25.3 Å². The molecule has 0 bridgehead atoms. The zero-order chi connectivity index (χ0) is 51.4. The summed E-state index contributed by atoms with van der Waals surface area (Å²) in [6.45, 7) is 20.1. The zero-order valence-electron chi connectivity index (χ0n) is 42.5. The molecular formula is C58H76Br2O6S3. The van der Waals surface area contributed by atoms with Crippen LogP contribution in [0.4, 0.5) is 0 Å². The highest BCUT2D eigenvalue weighted by Crippen LogP contribution is 2.32. The highest BCUT2D eigenvalue weighted by molar-refractivity contribution is 9.10. The maximum Gasteiger partial charge on any atom is 0.186 e. The predicted molar refractivity (Wildman–Crippen MR) is 301 cm³/mol. The van der Waals surface area contributed by atoms with Crippen LogP contribution in [0.15, 0.2) is 199 Å². The predicted octanol–water partition coefficient (Wildman–Crippen LogP) is 16.2. The maximum absolute atomic E-state index is 14.2. The monoisotopic (exact) mass is 1120 g/mol. The lowest BCUT2D eigenvalue weighted by Gasteiger charge is -2.22. The summed E-state index contributed by atoms with van der Waals surface area (Å²) in [4.78, 5) is -0.103. The van der Waals surface area contributed by atoms with E-state index in [1.807, 2.05) is 78.0 Å². The third-order valence-electron chi connectivity index (χ3n) is 12.0. The fourth-order valence-corrected chi connectivity index (χ4v) is 15.4. The third-order valence-corrected chi connectivity index (χ3v) is 21.5. The summed E-state index contributed by atoms with van der Waals surface area (Å²) in [7, 11) is -11.2. The van der Waals surface area contributed by atoms with Gasteiger partial charge in [0.05, 0.1) is 29.6 Å². The van der Waals surface area contributed by atoms with Gasteiger partial charge in [0.1, 0.15) is 10.5 Å². The van der Waals surface area contributed by atoms with Gasteiger partial charge >= 0.3 is 0 Å². The molecule has 0 saturated carbocycles. The van der Waals surface area contributed by atoms with E-state index < -0.39 is 54.9 Å². The zero-order valence-corrected chi connectivity index (χ0v) is 48.1. The summed E-state index contributed by atoms with van der Waals surface area (Å²) in [5, 5.41) is -2.43. The van der Waals surface area contributed by atoms with Crippen LogP contribution < -0.4 is 0 Å². The normalized spacial score (nSPS) is 16.1. The average molecular weight is 1130 g/mol. The Balaban J connectivity index is 1.84. The molecule has 376 valence electrons. The van der Waals surface area contributed by atoms with Crippen LogP contribution in [0, 0.1) is 0 Å². The largest absolute Gasteiger partial charge is 0.223 e. The highest BCUT2D eigenvalue weighted by atomic mass is 79.9. The summed E-state index contributed by atoms with van der Waals surface area (Å²) in [6, 6.07) is 25.7. The lowest BCUT2D eigenvalue weighted by Crippen LogP contribution is -2.30. The van der Waals surface area contributed by atoms with Gasteiger partial charge < -0.3 is 0 Å². The minimum Gasteiger partial charge on any atom is -0.223 e. The first kappa shape index (κ1) is 59.7. The van der Waals surface area contributed by atoms with Gasteiger partial charge in [0.2, 0.25) is 0 Å². The van der Waals surface area contributed by atoms with Crippen LogP contribution in [0.3, 0.4) is 0 Å². The molecule has 3 aromatic rings. The van der Waals surface area contributed by atoms with Crippen molar-refractivity contribution in [3.8, 4) is 0 Å². The van der Waals surface area contributed by atoms with Gasteiger partial charge in [0.15, 0.2) is 29.5 Å². The van der Waals surface area contributed by atoms with Crippen LogP contribution in [0.25, 0.3) is 0 Å². The Morgan fingerprint density at radius 3 is 1.06 bits per heavy atom. The molecule has 6 nitrogen and oxygen atoms in total. The number of allylic oxidation sites excluding steroid dienone is 13. The molecule has 0 saturated heterocycles. The van der Waals surface area contributed by atoms with E-state index in [0.717, 1.165) is 59.1 Å². The molecule has 69 heavy (non-hydrogen) atoms. The fraction of sp³-hybridized carbons (Fsp3) is 0.414. The minimum absolute atomic E-state index is 0.265. The number of halogens is 2. The van der Waals surface area contributed by atoms with Crippen molar-refractivity contribution in [2.24, 2.45) is 0 Å². The molecule has 0 radical (unpaired) electrons. The molecule has 0 aliphatic carbocycles. The van der Waals surface area contributed by atoms with E-state index >= 15 is 0 Å². The van der Waals surface area contributed by atoms with E-state index in [0.29, 0.717) is 25.7 Å². The molecule has 5 unspecified atom stereocenters. The Labute approximate surface area is 434 Å². The molecule has 0 aliphatic heterocycles. The Morgan fingerprint density at radius 1 is 0.406 bits per heavy atom. The lowest BCUT2D eigenvalue weighted by molar-refractivity contribution is 0.586. The highest BCUT2D eigenvalue weighted by Gasteiger charge is 2.34. The Bertz CT molecular complexity index is 2700. The van der Waals surface area contributed by atoms with E-state index in [-0.39, 0.29) is 21.1 Å². The molecule has 0 fully saturated rings. The molecule has 3 rings (SSSR count). The van der Waals surface area contributed by atoms with Gasteiger partial charge in [-0.15, -0.1) is 0 Å². The summed E-state index contributed by atoms with van der Waals surface area (Å²) >= 11 is 7.59. The van der Waals surface area contributed by atoms with Crippen molar-refractivity contribution >= 4 is 61.4 Å². The van der Waals surface area contributed by atoms with E-state index in [9.17, 15) is 25.3 Å². The third kappa shape index (κ3) is 19.5. The Morgan fingerprint density at radius 2 is 0.710 bits per heavy atom. The molecule has 0 heterocycles. The van der Waals surface area contributed by atoms with Crippen LogP contribution in [-0.2, 0) is 29.5 Å². The van der Waals surface area contributed by atoms with Crippen LogP contribution in [0.2, 0.25) is 0 Å². The Kier molecular flexibility index (Phi) is 25.1. The SMILES string of the molecule is CC(C)=CCCC(C)=CC(C(Br)C(C)=CCCC(C)=CCC(C=C(C)CCC=C(C)C(Br)C(C=C(C)CCC=C(C)C)S(=O)(=O)c1ccccc1)S(=O)(=O)c1ccccc1)S(=O)(=O)c1ccccc1. The number of rotatable bonds is 27. The van der Waals surface area contributed by atoms with Crippen molar-refractivity contribution in [2.45, 2.75) is 167 Å². The smallest absolute Gasteiger partial charge is 0.186 e. The number of sulfone groups is 3. The number of hydrogen-bond acceptors (Lipinski definition) is 6. The second-order valence-corrected chi connectivity index (χ2v) is 27.1. The summed E-state index contributed by atoms with van der Waals surface area (Å²) in [5.41, 5.74) is 8.24. The van der Waals surface area contributed by atoms with Crippen molar-refractivity contribution in [3.05, 3.63) is 184 Å². The van der Waals surface area contributed by atoms with Crippen molar-refractivity contribution in [3.63, 3.8) is 0 Å². The topological polar surface area (TPSA) is 102 Å². The molecule has 0 aliphatic rings. The van der Waals surface area contributed by atoms with Gasteiger partial charge in [-0.3, -0.25) is 0 Å². The Hall–Kier alpha value is -3.61. The second-order valence-electron chi connectivity index (χ2n) is 18.8. The molecule has 3 aromatic carbocycles. The summed E-state index contributed by atoms with van der Waals surface area (Å²) in [5.74, 6) is 0. The van der Waals surface area contributed by atoms with E-state index in [1.165, 1.54) is 11.1 Å². The maximum atomic E-state index is 14.2. The first-order valence-electron chi connectivity index (χ1n) is 23.9. The molecule has 5 atom stereocenters. The summed E-state index contributed by atoms with van der Waals surface area (Å²) in [6.07, 6.45) is 22.1. The quantitative estimate of drug-likeness (QED) is 0.0557. The molecular weight excluding hydrogens is 1050 g/mol. The summed E-state index contributed by atoms with van der Waals surface area (Å²) < 4.78 is 84.7. The van der Waals surface area contributed by atoms with Crippen LogP contribution in [-0.4, -0.2) is 50.7 Å². The fourth-order valence-electron chi connectivity index (χ4n) is 7.79. The standard InChI is InChI=1S/C58H76Br2O6S3/c1-43(2)24-20-27-47(7)41-55(68(63,64)52-34-16-12-17-35-52)57(59)49(9)30-22-26-45(5)38-39-54(67(61,62)51-32-14-11-15-33-51)40-46(6)29-23-31-50(10)58(60)56(42-48(8)28-21-25-44(3)4)69(65,66)53-36-18-13-19-37-53/h11-19,24-25,30-38,40-42,54-58H,20-23,26-29,39H2,1-10H3. The van der Waals surface area contributed by atoms with Gasteiger partial charge in [0.25, 0.3) is 0 Å². The number of alkyl halides is 2. The van der Waals surface area contributed by atoms with Gasteiger partial charge in [-0.05, 0) is 163 Å². The molecule has 0 spiro atoms. The van der Waals surface area contributed by atoms with Gasteiger partial charge in [-0.2, -0.15) is 0 Å². The first-order valence-corrected chi connectivity index (χ1v) is 30.4. The average Bonchev–Trinajstić information content (AvgIpc) is 3.31. The van der Waals surface area contributed by atoms with E-state index in [4.69, 9.17) is 0 Å². The minimum atomic E-state index is -3.74. The second kappa shape index (κ2) is 29.0. The van der Waals surface area contributed by atoms with Crippen molar-refractivity contribution in [1.82, 2.24) is 0 Å². The molecule has 0 aromatic heterocycles. The van der Waals surface area contributed by atoms with Crippen molar-refractivity contribution in [2.75, 3.05) is 0 Å². The van der Waals surface area contributed by atoms with Gasteiger partial charge in [-0.1, -0.05) is 180 Å². The molecule has 0 N–H and O–H groups in total. The lowest BCUT2D eigenvalue weighted by atomic mass is 10.0. The first-order chi connectivity index (χ1) is 32.5. The van der Waals surface area contributed by atoms with Crippen LogP contribution in [0.5, 0.6) is 0 Å². The van der Waals surface area contributed by atoms with Gasteiger partial charge in [0, 0.05) is 0 Å². The number of benzene rings is 3. The van der Waals surface area contributed by atoms with Crippen molar-refractivity contribution in [1.29, 1.82) is 0 Å². The molecule has 0 amide bonds.